The molecule has 3 aromatic rings. The molecule has 0 radical (unpaired) electrons. The maximum atomic E-state index is 14.3. The molecule has 0 bridgehead atoms. The van der Waals surface area contributed by atoms with Crippen LogP contribution >= 0.6 is 0 Å². The number of rotatable bonds is 3. The van der Waals surface area contributed by atoms with Crippen LogP contribution in [0.15, 0.2) is 60.7 Å². The Kier molecular flexibility index (Phi) is 5.91. The zero-order chi connectivity index (χ0) is 23.8. The Morgan fingerprint density at radius 1 is 1.00 bits per heavy atom. The van der Waals surface area contributed by atoms with Gasteiger partial charge in [-0.1, -0.05) is 24.3 Å². The van der Waals surface area contributed by atoms with E-state index in [-0.39, 0.29) is 17.5 Å². The number of hydrogen-bond acceptors (Lipinski definition) is 3. The van der Waals surface area contributed by atoms with Crippen molar-refractivity contribution in [2.24, 2.45) is 5.73 Å². The molecule has 0 unspecified atom stereocenters. The van der Waals surface area contributed by atoms with Crippen LogP contribution < -0.4 is 5.73 Å². The molecule has 33 heavy (non-hydrogen) atoms. The van der Waals surface area contributed by atoms with Gasteiger partial charge in [0.1, 0.15) is 5.82 Å². The first kappa shape index (κ1) is 22.5. The van der Waals surface area contributed by atoms with Crippen molar-refractivity contribution in [2.75, 3.05) is 13.1 Å². The van der Waals surface area contributed by atoms with E-state index in [2.05, 4.69) is 0 Å². The summed E-state index contributed by atoms with van der Waals surface area (Å²) >= 11 is 0. The van der Waals surface area contributed by atoms with Crippen LogP contribution in [0.25, 0.3) is 22.3 Å². The summed E-state index contributed by atoms with van der Waals surface area (Å²) in [6, 6.07) is 16.0. The van der Waals surface area contributed by atoms with Crippen LogP contribution in [0.2, 0.25) is 0 Å². The van der Waals surface area contributed by atoms with E-state index in [0.29, 0.717) is 53.4 Å². The minimum atomic E-state index is -4.80. The topological polar surface area (TPSA) is 70.1 Å². The highest BCUT2D eigenvalue weighted by Gasteiger charge is 2.34. The van der Waals surface area contributed by atoms with Gasteiger partial charge in [-0.15, -0.1) is 0 Å². The van der Waals surface area contributed by atoms with Crippen LogP contribution in [0.4, 0.5) is 17.6 Å². The Hall–Kier alpha value is -3.70. The molecule has 4 rings (SSSR count). The number of alkyl halides is 3. The zero-order valence-corrected chi connectivity index (χ0v) is 17.4. The molecule has 1 saturated heterocycles. The molecule has 0 aliphatic carbocycles. The number of halogens is 4. The van der Waals surface area contributed by atoms with Gasteiger partial charge >= 0.3 is 6.18 Å². The van der Waals surface area contributed by atoms with Gasteiger partial charge in [-0.05, 0) is 65.1 Å². The summed E-state index contributed by atoms with van der Waals surface area (Å²) in [6.07, 6.45) is -4.09. The van der Waals surface area contributed by atoms with Gasteiger partial charge in [-0.3, -0.25) is 4.79 Å². The third-order valence-electron chi connectivity index (χ3n) is 5.69. The predicted molar refractivity (Wildman–Crippen MR) is 115 cm³/mol. The van der Waals surface area contributed by atoms with Crippen LogP contribution in [0.3, 0.4) is 0 Å². The van der Waals surface area contributed by atoms with Gasteiger partial charge in [0, 0.05) is 24.7 Å². The highest BCUT2D eigenvalue weighted by molar-refractivity contribution is 5.98. The molecule has 1 fully saturated rings. The summed E-state index contributed by atoms with van der Waals surface area (Å²) in [5.41, 5.74) is 7.25. The molecule has 1 amide bonds. The Bertz CT molecular complexity index is 1250. The van der Waals surface area contributed by atoms with E-state index in [0.717, 1.165) is 6.07 Å². The minimum absolute atomic E-state index is 0.0821. The minimum Gasteiger partial charge on any atom is -0.337 e. The second-order valence-corrected chi connectivity index (χ2v) is 7.94. The fourth-order valence-corrected chi connectivity index (χ4v) is 3.96. The first-order valence-electron chi connectivity index (χ1n) is 10.2. The number of carbonyl (C=O) groups excluding carboxylic acids is 1. The van der Waals surface area contributed by atoms with E-state index in [1.165, 1.54) is 6.07 Å². The van der Waals surface area contributed by atoms with Crippen molar-refractivity contribution in [3.8, 4) is 28.3 Å². The summed E-state index contributed by atoms with van der Waals surface area (Å²) in [4.78, 5) is 14.6. The Morgan fingerprint density at radius 3 is 2.27 bits per heavy atom. The molecular formula is C25H19F4N3O. The van der Waals surface area contributed by atoms with Gasteiger partial charge in [0.15, 0.2) is 0 Å². The molecule has 168 valence electrons. The summed E-state index contributed by atoms with van der Waals surface area (Å²) in [7, 11) is 0. The predicted octanol–water partition coefficient (Wildman–Crippen LogP) is 5.22. The summed E-state index contributed by atoms with van der Waals surface area (Å²) in [5, 5.41) is 9.07. The quantitative estimate of drug-likeness (QED) is 0.553. The van der Waals surface area contributed by atoms with E-state index >= 15 is 0 Å². The summed E-state index contributed by atoms with van der Waals surface area (Å²) in [6.45, 7) is 0.981. The molecule has 2 N–H and O–H groups in total. The average molecular weight is 453 g/mol. The van der Waals surface area contributed by atoms with Crippen LogP contribution in [0.1, 0.15) is 27.9 Å². The van der Waals surface area contributed by atoms with Gasteiger partial charge in [-0.25, -0.2) is 4.39 Å². The fourth-order valence-electron chi connectivity index (χ4n) is 3.96. The second kappa shape index (κ2) is 8.68. The van der Waals surface area contributed by atoms with Crippen molar-refractivity contribution in [2.45, 2.75) is 18.6 Å². The van der Waals surface area contributed by atoms with Crippen LogP contribution in [0.5, 0.6) is 0 Å². The van der Waals surface area contributed by atoms with Gasteiger partial charge in [0.05, 0.1) is 17.2 Å². The number of nitrogens with zero attached hydrogens (tertiary/aromatic N) is 2. The standard InChI is InChI=1S/C25H19F4N3O/c26-23-12-17(6-8-22(23)25(27,28)29)20-7-5-18(24(33)32-10-9-19(31)14-32)11-21(20)16-3-1-15(13-30)2-4-16/h1-8,11-12,19H,9-10,14,31H2/t19-/m0/s1. The molecule has 1 atom stereocenters. The zero-order valence-electron chi connectivity index (χ0n) is 17.4. The molecule has 3 aromatic carbocycles. The maximum absolute atomic E-state index is 14.3. The second-order valence-electron chi connectivity index (χ2n) is 7.94. The van der Waals surface area contributed by atoms with Crippen molar-refractivity contribution in [3.05, 3.63) is 83.2 Å². The van der Waals surface area contributed by atoms with Gasteiger partial charge in [0.2, 0.25) is 0 Å². The normalized spacial score (nSPS) is 16.0. The van der Waals surface area contributed by atoms with Crippen LogP contribution in [-0.2, 0) is 6.18 Å². The van der Waals surface area contributed by atoms with Gasteiger partial charge < -0.3 is 10.6 Å². The first-order chi connectivity index (χ1) is 15.7. The van der Waals surface area contributed by atoms with Crippen molar-refractivity contribution >= 4 is 5.91 Å². The highest BCUT2D eigenvalue weighted by atomic mass is 19.4. The molecule has 1 aliphatic heterocycles. The number of nitriles is 1. The van der Waals surface area contributed by atoms with E-state index in [4.69, 9.17) is 11.0 Å². The number of benzene rings is 3. The van der Waals surface area contributed by atoms with Crippen molar-refractivity contribution < 1.29 is 22.4 Å². The van der Waals surface area contributed by atoms with E-state index in [1.807, 2.05) is 6.07 Å². The SMILES string of the molecule is N#Cc1ccc(-c2cc(C(=O)N3CC[C@H](N)C3)ccc2-c2ccc(C(F)(F)F)c(F)c2)cc1. The lowest BCUT2D eigenvalue weighted by Crippen LogP contribution is -2.31. The molecule has 1 heterocycles. The molecule has 0 aromatic heterocycles. The molecule has 0 saturated carbocycles. The first-order valence-corrected chi connectivity index (χ1v) is 10.2. The molecule has 4 nitrogen and oxygen atoms in total. The highest BCUT2D eigenvalue weighted by Crippen LogP contribution is 2.37. The molecule has 1 aliphatic rings. The monoisotopic (exact) mass is 453 g/mol. The smallest absolute Gasteiger partial charge is 0.337 e. The number of nitrogens with two attached hydrogens (primary N) is 1. The number of hydrogen-bond donors (Lipinski definition) is 1. The third-order valence-corrected chi connectivity index (χ3v) is 5.69. The van der Waals surface area contributed by atoms with Gasteiger partial charge in [-0.2, -0.15) is 18.4 Å². The fraction of sp³-hybridized carbons (Fsp3) is 0.200. The number of amides is 1. The maximum Gasteiger partial charge on any atom is 0.419 e. The van der Waals surface area contributed by atoms with Crippen LogP contribution in [-0.4, -0.2) is 29.9 Å². The van der Waals surface area contributed by atoms with Crippen LogP contribution in [0, 0.1) is 17.1 Å². The Morgan fingerprint density at radius 2 is 1.70 bits per heavy atom. The lowest BCUT2D eigenvalue weighted by Gasteiger charge is -2.18. The molecule has 0 spiro atoms. The van der Waals surface area contributed by atoms with Crippen molar-refractivity contribution in [1.82, 2.24) is 4.90 Å². The lowest BCUT2D eigenvalue weighted by molar-refractivity contribution is -0.139. The van der Waals surface area contributed by atoms with E-state index < -0.39 is 17.6 Å². The lowest BCUT2D eigenvalue weighted by atomic mass is 9.91. The summed E-state index contributed by atoms with van der Waals surface area (Å²) < 4.78 is 53.3. The van der Waals surface area contributed by atoms with Gasteiger partial charge in [0.25, 0.3) is 5.91 Å². The average Bonchev–Trinajstić information content (AvgIpc) is 3.23. The van der Waals surface area contributed by atoms with E-state index in [1.54, 1.807) is 47.4 Å². The number of carbonyl (C=O) groups is 1. The molecular weight excluding hydrogens is 434 g/mol. The molecule has 8 heteroatoms. The van der Waals surface area contributed by atoms with Crippen molar-refractivity contribution in [3.63, 3.8) is 0 Å². The van der Waals surface area contributed by atoms with E-state index in [9.17, 15) is 22.4 Å². The third kappa shape index (κ3) is 4.59. The number of likely N-dealkylation sites (tertiary alicyclic amines) is 1. The largest absolute Gasteiger partial charge is 0.419 e. The summed E-state index contributed by atoms with van der Waals surface area (Å²) in [5.74, 6) is -1.58. The Labute approximate surface area is 187 Å². The van der Waals surface area contributed by atoms with Crippen molar-refractivity contribution in [1.29, 1.82) is 5.26 Å². The Balaban J connectivity index is 1.82.